The van der Waals surface area contributed by atoms with Crippen LogP contribution in [0.2, 0.25) is 0 Å². The van der Waals surface area contributed by atoms with Crippen molar-refractivity contribution in [3.63, 3.8) is 0 Å². The van der Waals surface area contributed by atoms with Gasteiger partial charge in [-0.05, 0) is 18.7 Å². The van der Waals surface area contributed by atoms with Crippen LogP contribution >= 0.6 is 24.0 Å². The fraction of sp³-hybridized carbons (Fsp3) is 0.412. The molecule has 118 valence electrons. The Hall–Kier alpha value is -1.17. The van der Waals surface area contributed by atoms with Gasteiger partial charge in [-0.2, -0.15) is 0 Å². The summed E-state index contributed by atoms with van der Waals surface area (Å²) in [5.41, 5.74) is 1.05. The Bertz CT molecular complexity index is 523. The molecule has 1 fully saturated rings. The van der Waals surface area contributed by atoms with Crippen LogP contribution in [0.1, 0.15) is 12.0 Å². The van der Waals surface area contributed by atoms with Gasteiger partial charge in [0.2, 0.25) is 0 Å². The monoisotopic (exact) mass is 334 g/mol. The highest BCUT2D eigenvalue weighted by atomic mass is 32.2. The molecule has 22 heavy (non-hydrogen) atoms. The predicted octanol–water partition coefficient (Wildman–Crippen LogP) is 2.92. The summed E-state index contributed by atoms with van der Waals surface area (Å²) >= 11 is 7.07. The first-order valence-corrected chi connectivity index (χ1v) is 8.91. The number of benzene rings is 1. The minimum atomic E-state index is 0.150. The topological polar surface area (TPSA) is 23.6 Å². The van der Waals surface area contributed by atoms with Crippen molar-refractivity contribution >= 4 is 40.2 Å². The number of likely N-dealkylation sites (N-methyl/N-ethyl adjacent to an activating group) is 1. The standard InChI is InChI=1S/C17H22N2OS2/c1-18-10-12-19(13-11-18)17(21)22-14-9-16(20)8-7-15-5-3-2-4-6-15/h2-8H,9-14H2,1H3. The van der Waals surface area contributed by atoms with E-state index in [2.05, 4.69) is 16.8 Å². The number of carbonyl (C=O) groups excluding carboxylic acids is 1. The lowest BCUT2D eigenvalue weighted by molar-refractivity contribution is -0.114. The Kier molecular flexibility index (Phi) is 7.09. The van der Waals surface area contributed by atoms with E-state index in [4.69, 9.17) is 12.2 Å². The summed E-state index contributed by atoms with van der Waals surface area (Å²) in [4.78, 5) is 16.4. The molecule has 3 nitrogen and oxygen atoms in total. The third kappa shape index (κ3) is 5.91. The van der Waals surface area contributed by atoms with Gasteiger partial charge in [-0.25, -0.2) is 0 Å². The van der Waals surface area contributed by atoms with Crippen molar-refractivity contribution in [2.45, 2.75) is 6.42 Å². The van der Waals surface area contributed by atoms with Crippen molar-refractivity contribution in [1.29, 1.82) is 0 Å². The quantitative estimate of drug-likeness (QED) is 0.609. The number of thioether (sulfide) groups is 1. The number of thiocarbonyl (C=S) groups is 1. The highest BCUT2D eigenvalue weighted by Gasteiger charge is 2.16. The molecule has 0 aromatic heterocycles. The molecule has 1 aliphatic rings. The van der Waals surface area contributed by atoms with Crippen LogP contribution in [0.15, 0.2) is 36.4 Å². The summed E-state index contributed by atoms with van der Waals surface area (Å²) in [5, 5.41) is 0. The molecule has 0 N–H and O–H groups in total. The van der Waals surface area contributed by atoms with Gasteiger partial charge in [0.15, 0.2) is 5.78 Å². The number of rotatable bonds is 5. The first-order chi connectivity index (χ1) is 10.6. The maximum Gasteiger partial charge on any atom is 0.156 e. The van der Waals surface area contributed by atoms with E-state index >= 15 is 0 Å². The van der Waals surface area contributed by atoms with Crippen molar-refractivity contribution in [2.75, 3.05) is 39.0 Å². The van der Waals surface area contributed by atoms with Crippen molar-refractivity contribution in [2.24, 2.45) is 0 Å². The number of allylic oxidation sites excluding steroid dienone is 1. The fourth-order valence-corrected chi connectivity index (χ4v) is 3.43. The maximum atomic E-state index is 11.9. The number of piperazine rings is 1. The van der Waals surface area contributed by atoms with Crippen LogP contribution in [0.3, 0.4) is 0 Å². The van der Waals surface area contributed by atoms with E-state index in [-0.39, 0.29) is 5.78 Å². The molecule has 1 aromatic rings. The zero-order valence-electron chi connectivity index (χ0n) is 12.9. The Labute approximate surface area is 142 Å². The second-order valence-electron chi connectivity index (χ2n) is 5.37. The molecule has 1 aliphatic heterocycles. The first kappa shape index (κ1) is 17.2. The van der Waals surface area contributed by atoms with Gasteiger partial charge in [-0.15, -0.1) is 0 Å². The Balaban J connectivity index is 1.66. The molecule has 1 aromatic carbocycles. The zero-order chi connectivity index (χ0) is 15.8. The highest BCUT2D eigenvalue weighted by molar-refractivity contribution is 8.22. The molecule has 2 rings (SSSR count). The number of carbonyl (C=O) groups is 1. The maximum absolute atomic E-state index is 11.9. The number of hydrogen-bond donors (Lipinski definition) is 0. The summed E-state index contributed by atoms with van der Waals surface area (Å²) < 4.78 is 0.924. The smallest absolute Gasteiger partial charge is 0.156 e. The van der Waals surface area contributed by atoms with Gasteiger partial charge in [0.25, 0.3) is 0 Å². The summed E-state index contributed by atoms with van der Waals surface area (Å²) in [7, 11) is 2.13. The van der Waals surface area contributed by atoms with Crippen LogP contribution in [0, 0.1) is 0 Å². The van der Waals surface area contributed by atoms with Gasteiger partial charge < -0.3 is 9.80 Å². The van der Waals surface area contributed by atoms with Gasteiger partial charge in [-0.1, -0.05) is 60.4 Å². The molecular weight excluding hydrogens is 312 g/mol. The largest absolute Gasteiger partial charge is 0.355 e. The molecule has 0 atom stereocenters. The van der Waals surface area contributed by atoms with Crippen molar-refractivity contribution in [3.8, 4) is 0 Å². The van der Waals surface area contributed by atoms with Crippen LogP contribution in [0.4, 0.5) is 0 Å². The average Bonchev–Trinajstić information content (AvgIpc) is 2.54. The summed E-state index contributed by atoms with van der Waals surface area (Å²) in [6.07, 6.45) is 4.06. The van der Waals surface area contributed by atoms with E-state index in [1.165, 1.54) is 0 Å². The lowest BCUT2D eigenvalue weighted by Crippen LogP contribution is -2.45. The van der Waals surface area contributed by atoms with Crippen molar-refractivity contribution in [3.05, 3.63) is 42.0 Å². The Morgan fingerprint density at radius 2 is 1.91 bits per heavy atom. The number of ketones is 1. The van der Waals surface area contributed by atoms with E-state index < -0.39 is 0 Å². The molecule has 0 spiro atoms. The summed E-state index contributed by atoms with van der Waals surface area (Å²) in [6.45, 7) is 4.09. The van der Waals surface area contributed by atoms with E-state index in [9.17, 15) is 4.79 Å². The van der Waals surface area contributed by atoms with Crippen LogP contribution in [-0.2, 0) is 4.79 Å². The molecule has 1 heterocycles. The second kappa shape index (κ2) is 9.08. The molecule has 0 unspecified atom stereocenters. The molecule has 5 heteroatoms. The van der Waals surface area contributed by atoms with E-state index in [0.29, 0.717) is 6.42 Å². The molecule has 0 saturated carbocycles. The minimum Gasteiger partial charge on any atom is -0.355 e. The normalized spacial score (nSPS) is 16.1. The number of hydrogen-bond acceptors (Lipinski definition) is 4. The van der Waals surface area contributed by atoms with Gasteiger partial charge >= 0.3 is 0 Å². The van der Waals surface area contributed by atoms with E-state index in [0.717, 1.165) is 41.8 Å². The van der Waals surface area contributed by atoms with E-state index in [1.54, 1.807) is 17.8 Å². The summed E-state index contributed by atoms with van der Waals surface area (Å²) in [5.74, 6) is 0.904. The van der Waals surface area contributed by atoms with Gasteiger partial charge in [0.1, 0.15) is 4.32 Å². The van der Waals surface area contributed by atoms with Gasteiger partial charge in [-0.3, -0.25) is 4.79 Å². The molecule has 1 saturated heterocycles. The van der Waals surface area contributed by atoms with E-state index in [1.807, 2.05) is 36.4 Å². The fourth-order valence-electron chi connectivity index (χ4n) is 2.16. The van der Waals surface area contributed by atoms with Crippen molar-refractivity contribution < 1.29 is 4.79 Å². The lowest BCUT2D eigenvalue weighted by atomic mass is 10.2. The van der Waals surface area contributed by atoms with Crippen LogP contribution in [-0.4, -0.2) is 58.9 Å². The lowest BCUT2D eigenvalue weighted by Gasteiger charge is -2.33. The molecule has 0 amide bonds. The first-order valence-electron chi connectivity index (χ1n) is 7.51. The van der Waals surface area contributed by atoms with Crippen LogP contribution < -0.4 is 0 Å². The third-order valence-corrected chi connectivity index (χ3v) is 5.12. The Morgan fingerprint density at radius 1 is 1.23 bits per heavy atom. The molecule has 0 aliphatic carbocycles. The second-order valence-corrected chi connectivity index (χ2v) is 7.09. The summed E-state index contributed by atoms with van der Waals surface area (Å²) in [6, 6.07) is 9.88. The average molecular weight is 335 g/mol. The van der Waals surface area contributed by atoms with Crippen LogP contribution in [0.25, 0.3) is 6.08 Å². The van der Waals surface area contributed by atoms with Crippen molar-refractivity contribution in [1.82, 2.24) is 9.80 Å². The third-order valence-electron chi connectivity index (χ3n) is 3.60. The Morgan fingerprint density at radius 3 is 2.59 bits per heavy atom. The molecular formula is C17H22N2OS2. The van der Waals surface area contributed by atoms with Gasteiger partial charge in [0, 0.05) is 38.4 Å². The predicted molar refractivity (Wildman–Crippen MR) is 99.2 cm³/mol. The SMILES string of the molecule is CN1CCN(C(=S)SCCC(=O)C=Cc2ccccc2)CC1. The number of nitrogens with zero attached hydrogens (tertiary/aromatic N) is 2. The zero-order valence-corrected chi connectivity index (χ0v) is 14.5. The molecule has 0 radical (unpaired) electrons. The molecule has 0 bridgehead atoms. The van der Waals surface area contributed by atoms with Crippen LogP contribution in [0.5, 0.6) is 0 Å². The highest BCUT2D eigenvalue weighted by Crippen LogP contribution is 2.13. The van der Waals surface area contributed by atoms with Gasteiger partial charge in [0.05, 0.1) is 0 Å². The minimum absolute atomic E-state index is 0.150.